The highest BCUT2D eigenvalue weighted by molar-refractivity contribution is 8.00. The van der Waals surface area contributed by atoms with Crippen LogP contribution in [0.5, 0.6) is 11.5 Å². The number of ether oxygens (including phenoxy) is 5. The van der Waals surface area contributed by atoms with Gasteiger partial charge >= 0.3 is 18.0 Å². The first-order valence-corrected chi connectivity index (χ1v) is 50.6. The number of fused-ring (bicyclic) bond motifs is 5. The Morgan fingerprint density at radius 1 is 0.768 bits per heavy atom. The number of aliphatic hydroxyl groups is 1. The Balaban J connectivity index is 0.813. The Labute approximate surface area is 840 Å². The van der Waals surface area contributed by atoms with E-state index >= 15 is 14.4 Å². The fraction of sp³-hybridized carbons (Fsp3) is 0.660. The van der Waals surface area contributed by atoms with E-state index in [0.29, 0.717) is 68.4 Å². The molecular weight excluding hydrogens is 1880 g/mol. The van der Waals surface area contributed by atoms with Crippen LogP contribution in [0.15, 0.2) is 60.2 Å². The quantitative estimate of drug-likeness (QED) is 0.00809. The molecule has 5 fully saturated rings. The maximum absolute atomic E-state index is 15.3. The summed E-state index contributed by atoms with van der Waals surface area (Å²) in [7, 11) is 7.21. The number of epoxide rings is 1. The number of alkyl carbamates (subject to hydrolysis) is 1. The van der Waals surface area contributed by atoms with E-state index in [1.165, 1.54) is 90.7 Å². The third kappa shape index (κ3) is 32.6. The molecule has 0 aliphatic carbocycles. The van der Waals surface area contributed by atoms with Crippen molar-refractivity contribution >= 4 is 135 Å². The molecule has 17 atom stereocenters. The number of nitrogens with zero attached hydrogens (tertiary/aromatic N) is 6. The third-order valence-electron chi connectivity index (χ3n) is 27.6. The van der Waals surface area contributed by atoms with Gasteiger partial charge in [-0.1, -0.05) is 95.5 Å². The molecule has 0 saturated carbocycles. The number of ketones is 3. The van der Waals surface area contributed by atoms with Gasteiger partial charge in [0.15, 0.2) is 35.0 Å². The number of phenols is 1. The van der Waals surface area contributed by atoms with Gasteiger partial charge in [-0.15, -0.1) is 11.8 Å². The third-order valence-corrected chi connectivity index (χ3v) is 29.1. The zero-order valence-electron chi connectivity index (χ0n) is 84.6. The van der Waals surface area contributed by atoms with Gasteiger partial charge in [0.2, 0.25) is 59.1 Å². The molecule has 1 unspecified atom stereocenters. The van der Waals surface area contributed by atoms with Crippen molar-refractivity contribution in [3.63, 3.8) is 0 Å². The van der Waals surface area contributed by atoms with Gasteiger partial charge in [-0.05, 0) is 170 Å². The number of likely N-dealkylation sites (N-methyl/N-ethyl adjacent to an activating group) is 2. The Bertz CT molecular complexity index is 4940. The first kappa shape index (κ1) is 116. The summed E-state index contributed by atoms with van der Waals surface area (Å²) in [5.41, 5.74) is 9.55. The van der Waals surface area contributed by atoms with E-state index in [1.54, 1.807) is 71.0 Å². The molecule has 6 heterocycles. The van der Waals surface area contributed by atoms with Gasteiger partial charge in [-0.3, -0.25) is 88.2 Å². The molecule has 0 radical (unpaired) electrons. The zero-order chi connectivity index (χ0) is 105. The molecule has 0 aromatic heterocycles. The number of Topliss-reactive ketones (excluding diaryl/α,β-unsaturated/α-hetero) is 3. The molecular formula is C100H149ClN16O24S. The van der Waals surface area contributed by atoms with Crippen molar-refractivity contribution in [2.45, 2.75) is 307 Å². The molecule has 11 amide bonds. The van der Waals surface area contributed by atoms with Crippen LogP contribution in [-0.2, 0) is 104 Å². The summed E-state index contributed by atoms with van der Waals surface area (Å²) in [6.45, 7) is 17.7. The second kappa shape index (κ2) is 53.3. The molecule has 15 N–H and O–H groups in total. The molecule has 8 rings (SSSR count). The minimum absolute atomic E-state index is 0.0108. The summed E-state index contributed by atoms with van der Waals surface area (Å²) in [6, 6.07) is 2.72. The van der Waals surface area contributed by atoms with E-state index in [1.807, 2.05) is 26.8 Å². The number of carbonyl (C=O) groups excluding carboxylic acids is 15. The van der Waals surface area contributed by atoms with Crippen molar-refractivity contribution in [3.8, 4) is 11.5 Å². The fourth-order valence-electron chi connectivity index (χ4n) is 19.3. The summed E-state index contributed by atoms with van der Waals surface area (Å²) in [5, 5.41) is 63.6. The molecule has 5 saturated heterocycles. The van der Waals surface area contributed by atoms with Crippen LogP contribution in [0.4, 0.5) is 10.5 Å². The number of carboxylic acids is 1. The predicted octanol–water partition coefficient (Wildman–Crippen LogP) is 6.79. The second-order valence-electron chi connectivity index (χ2n) is 40.1. The molecule has 142 heavy (non-hydrogen) atoms. The average molecular weight is 2030 g/mol. The highest BCUT2D eigenvalue weighted by atomic mass is 35.5. The van der Waals surface area contributed by atoms with Gasteiger partial charge in [-0.25, -0.2) is 9.59 Å². The van der Waals surface area contributed by atoms with E-state index in [-0.39, 0.29) is 175 Å². The first-order chi connectivity index (χ1) is 66.9. The number of hydrogen-bond acceptors (Lipinski definition) is 26. The van der Waals surface area contributed by atoms with E-state index in [0.717, 1.165) is 22.9 Å². The molecule has 6 aliphatic heterocycles. The van der Waals surface area contributed by atoms with Crippen LogP contribution in [0, 0.1) is 45.8 Å². The number of hydrogen-bond donors (Lipinski definition) is 13. The number of aliphatic carboxylic acids is 1. The number of rotatable bonds is 49. The number of benzene rings is 2. The molecule has 786 valence electrons. The summed E-state index contributed by atoms with van der Waals surface area (Å²) < 4.78 is 29.6. The zero-order valence-corrected chi connectivity index (χ0v) is 86.2. The number of carbonyl (C=O) groups is 16. The monoisotopic (exact) mass is 2030 g/mol. The number of aromatic hydroxyl groups is 1. The van der Waals surface area contributed by atoms with Gasteiger partial charge in [0.1, 0.15) is 58.6 Å². The highest BCUT2D eigenvalue weighted by Gasteiger charge is 2.65. The van der Waals surface area contributed by atoms with Gasteiger partial charge in [-0.2, -0.15) is 0 Å². The number of amides is 11. The minimum Gasteiger partial charge on any atom is -0.508 e. The van der Waals surface area contributed by atoms with Gasteiger partial charge in [0, 0.05) is 143 Å². The summed E-state index contributed by atoms with van der Waals surface area (Å²) >= 11 is 8.01. The van der Waals surface area contributed by atoms with Crippen molar-refractivity contribution in [3.05, 3.63) is 76.3 Å². The number of unbranched alkanes of at least 4 members (excludes halogenated alkanes) is 3. The van der Waals surface area contributed by atoms with Crippen molar-refractivity contribution in [1.82, 2.24) is 56.4 Å². The molecule has 2 aromatic rings. The van der Waals surface area contributed by atoms with Crippen molar-refractivity contribution in [2.75, 3.05) is 85.3 Å². The maximum atomic E-state index is 15.3. The standard InChI is InChI=1S/C100H149ClN16O24S/c1-57(2)46-66(93(132)133)53-75(122)86(98(7,8)9)110-88(127)65(48-62-34-36-67(119)37-35-62)52-74(121)70-30-24-43-115(70)89(128)64(27-22-40-107-95(102)103)51-73(120)69(29-23-41-108-96(104)105)114(13)91(130)71-31-25-44-116(71)90(129)68(109-61(6)118)28-18-19-39-106-81(123)33-17-16-20-42-117-84(126)54-78(92(117)131)142-45-38-82(124)112(11)60(5)94(134)140-80-55-83(125)113(12)72-49-63(50-76(137-14)85(72)101)47-58(3)26-21-32-79(138-15)100(136)56-77(139-97(135)111-100)59(4)87-99(80,10)141-87/h21,26,32,34-37,49-50,57,59-60,64-66,68-71,77-80,86-87,119,136H,16-20,22-25,27-31,33,38-48,51-56H2,1-15H3,(H,106,123)(H,109,118)(H,110,127)(H,111,135)(H,132,133)(H4,102,103,107)(H4,104,105,108)/b32-21+,58-26+/t59-,60+,64-,65-,66-,68+,69+,70+,71+,77+,78?,79-,80+,86-,87+,99+,100+/m1/s1. The lowest BCUT2D eigenvalue weighted by molar-refractivity contribution is -0.162. The molecule has 42 heteroatoms. The largest absolute Gasteiger partial charge is 0.508 e. The number of anilines is 1. The summed E-state index contributed by atoms with van der Waals surface area (Å²) in [5.74, 6) is -12.7. The van der Waals surface area contributed by atoms with Crippen LogP contribution in [0.2, 0.25) is 5.02 Å². The first-order valence-electron chi connectivity index (χ1n) is 49.2. The number of allylic oxidation sites excluding steroid dienone is 3. The topological polar surface area (TPSA) is 575 Å². The minimum atomic E-state index is -1.93. The van der Waals surface area contributed by atoms with Crippen molar-refractivity contribution in [1.29, 1.82) is 10.8 Å². The molecule has 2 aromatic carbocycles. The van der Waals surface area contributed by atoms with Gasteiger partial charge < -0.3 is 102 Å². The van der Waals surface area contributed by atoms with E-state index in [2.05, 4.69) is 31.9 Å². The second-order valence-corrected chi connectivity index (χ2v) is 41.8. The lowest BCUT2D eigenvalue weighted by atomic mass is 9.80. The number of phenolic OH excluding ortho intramolecular Hbond substituents is 1. The number of likely N-dealkylation sites (tertiary alicyclic amines) is 3. The Morgan fingerprint density at radius 3 is 2.04 bits per heavy atom. The number of halogens is 1. The molecule has 0 spiro atoms. The van der Waals surface area contributed by atoms with Crippen LogP contribution < -0.4 is 53.0 Å². The lowest BCUT2D eigenvalue weighted by Gasteiger charge is -2.42. The number of imide groups is 1. The maximum Gasteiger partial charge on any atom is 0.409 e. The summed E-state index contributed by atoms with van der Waals surface area (Å²) in [4.78, 5) is 233. The fourth-order valence-corrected chi connectivity index (χ4v) is 20.8. The van der Waals surface area contributed by atoms with Crippen molar-refractivity contribution < 1.29 is 116 Å². The number of esters is 1. The van der Waals surface area contributed by atoms with E-state index in [4.69, 9.17) is 57.6 Å². The van der Waals surface area contributed by atoms with E-state index in [9.17, 15) is 77.6 Å². The van der Waals surface area contributed by atoms with Crippen molar-refractivity contribution in [2.24, 2.45) is 46.5 Å². The van der Waals surface area contributed by atoms with E-state index < -0.39 is 208 Å². The van der Waals surface area contributed by atoms with Crippen LogP contribution in [0.1, 0.15) is 228 Å². The number of carboxylic acid groups (broad SMARTS) is 1. The number of thioether (sulfide) groups is 1. The number of methoxy groups -OCH3 is 2. The van der Waals surface area contributed by atoms with Gasteiger partial charge in [0.25, 0.3) is 0 Å². The average Bonchev–Trinajstić information content (AvgIpc) is 1.57. The lowest BCUT2D eigenvalue weighted by Crippen LogP contribution is -2.63. The summed E-state index contributed by atoms with van der Waals surface area (Å²) in [6.07, 6.45) is 2.68. The molecule has 6 aliphatic rings. The smallest absolute Gasteiger partial charge is 0.409 e. The van der Waals surface area contributed by atoms with Crippen LogP contribution >= 0.6 is 23.4 Å². The van der Waals surface area contributed by atoms with Gasteiger partial charge in [0.05, 0.1) is 54.6 Å². The molecule has 40 nitrogen and oxygen atoms in total. The van der Waals surface area contributed by atoms with Crippen LogP contribution in [0.3, 0.4) is 0 Å². The number of nitrogens with two attached hydrogens (primary N) is 2. The highest BCUT2D eigenvalue weighted by Crippen LogP contribution is 2.50. The number of guanidine groups is 2. The Hall–Kier alpha value is -11.3. The van der Waals surface area contributed by atoms with Crippen LogP contribution in [-0.4, -0.2) is 304 Å². The normalized spacial score (nSPS) is 23.5. The Kier molecular flexibility index (Phi) is 43.6. The molecule has 4 bridgehead atoms. The number of nitrogens with one attached hydrogen (secondary N) is 8. The SMILES string of the molecule is COc1cc2cc(c1Cl)N(C)C(=O)C[C@H](OC(=O)[C@H](C)N(C)C(=O)CCSC1CC(=O)N(CCCCCC(=O)NCCCC[C@H](NC(C)=O)C(=O)N3CCC[C@H]3C(=O)N(C)[C@@H](CCCNC(=N)N)C(=O)C[C@@H](CCCNC(=N)N)C(=O)N3CCC[C@H]3C(=O)C[C@@H](Cc3ccc(O)cc3)C(=O)N[C@H](C(=O)C[C@@H](CC(C)C)C(=O)O)C(C)(C)C)C1=O)[C@]1(C)O[C@H]1[C@H](C)[C@@H]1C[C@@](O)(NC(=O)O1)[C@H](OC)/C=C/C=C(\C)C2. The Morgan fingerprint density at radius 2 is 1.41 bits per heavy atom. The van der Waals surface area contributed by atoms with Crippen LogP contribution in [0.25, 0.3) is 0 Å². The predicted molar refractivity (Wildman–Crippen MR) is 530 cm³/mol.